The maximum absolute atomic E-state index is 12.4. The molecule has 0 spiro atoms. The lowest BCUT2D eigenvalue weighted by Gasteiger charge is -2.21. The Labute approximate surface area is 127 Å². The highest BCUT2D eigenvalue weighted by Gasteiger charge is 2.20. The van der Waals surface area contributed by atoms with Crippen LogP contribution in [0.15, 0.2) is 40.8 Å². The van der Waals surface area contributed by atoms with Crippen LogP contribution < -0.4 is 4.74 Å². The number of nitrogens with zero attached hydrogens (tertiary/aromatic N) is 1. The molecule has 21 heavy (non-hydrogen) atoms. The van der Waals surface area contributed by atoms with Crippen molar-refractivity contribution in [2.75, 3.05) is 20.3 Å². The molecule has 1 heterocycles. The van der Waals surface area contributed by atoms with Crippen LogP contribution in [0.1, 0.15) is 16.1 Å². The molecule has 1 amide bonds. The van der Waals surface area contributed by atoms with Crippen LogP contribution in [0.4, 0.5) is 0 Å². The molecule has 1 aromatic heterocycles. The molecule has 0 unspecified atom stereocenters. The predicted octanol–water partition coefficient (Wildman–Crippen LogP) is 2.58. The van der Waals surface area contributed by atoms with Crippen molar-refractivity contribution in [3.8, 4) is 5.75 Å². The zero-order valence-electron chi connectivity index (χ0n) is 11.6. The first-order valence-corrected chi connectivity index (χ1v) is 6.81. The fourth-order valence-corrected chi connectivity index (χ4v) is 2.14. The largest absolute Gasteiger partial charge is 0.496 e. The van der Waals surface area contributed by atoms with Crippen molar-refractivity contribution >= 4 is 17.5 Å². The number of aliphatic hydroxyl groups excluding tert-OH is 1. The fourth-order valence-electron chi connectivity index (χ4n) is 2.00. The first-order valence-electron chi connectivity index (χ1n) is 6.43. The van der Waals surface area contributed by atoms with Gasteiger partial charge in [0.15, 0.2) is 11.0 Å². The number of amides is 1. The summed E-state index contributed by atoms with van der Waals surface area (Å²) in [5, 5.41) is 9.31. The average molecular weight is 310 g/mol. The number of carbonyl (C=O) groups is 1. The molecule has 0 saturated heterocycles. The van der Waals surface area contributed by atoms with Crippen molar-refractivity contribution in [3.05, 3.63) is 52.9 Å². The number of hydrogen-bond acceptors (Lipinski definition) is 4. The van der Waals surface area contributed by atoms with Gasteiger partial charge in [0.1, 0.15) is 5.75 Å². The van der Waals surface area contributed by atoms with Gasteiger partial charge in [0.05, 0.1) is 13.7 Å². The Morgan fingerprint density at radius 1 is 1.33 bits per heavy atom. The zero-order chi connectivity index (χ0) is 15.2. The summed E-state index contributed by atoms with van der Waals surface area (Å²) in [4.78, 5) is 13.9. The van der Waals surface area contributed by atoms with Crippen LogP contribution in [0.25, 0.3) is 0 Å². The molecule has 1 N–H and O–H groups in total. The highest BCUT2D eigenvalue weighted by Crippen LogP contribution is 2.21. The van der Waals surface area contributed by atoms with Crippen molar-refractivity contribution in [1.82, 2.24) is 4.90 Å². The predicted molar refractivity (Wildman–Crippen MR) is 78.5 cm³/mol. The summed E-state index contributed by atoms with van der Waals surface area (Å²) in [6.45, 7) is 0.353. The van der Waals surface area contributed by atoms with E-state index in [0.717, 1.165) is 5.56 Å². The Bertz CT molecular complexity index is 611. The SMILES string of the molecule is COc1ccccc1CN(CCO)C(=O)c1ccc(Cl)o1. The minimum atomic E-state index is -0.332. The van der Waals surface area contributed by atoms with E-state index >= 15 is 0 Å². The number of para-hydroxylation sites is 1. The van der Waals surface area contributed by atoms with Gasteiger partial charge in [-0.25, -0.2) is 0 Å². The number of hydrogen-bond donors (Lipinski definition) is 1. The summed E-state index contributed by atoms with van der Waals surface area (Å²) < 4.78 is 10.4. The Balaban J connectivity index is 2.21. The maximum Gasteiger partial charge on any atom is 0.290 e. The van der Waals surface area contributed by atoms with Gasteiger partial charge in [0.25, 0.3) is 5.91 Å². The molecule has 0 aliphatic heterocycles. The molecule has 0 aliphatic rings. The van der Waals surface area contributed by atoms with Crippen LogP contribution in [-0.2, 0) is 6.54 Å². The van der Waals surface area contributed by atoms with Gasteiger partial charge >= 0.3 is 0 Å². The maximum atomic E-state index is 12.4. The van der Waals surface area contributed by atoms with Crippen LogP contribution in [0.2, 0.25) is 5.22 Å². The lowest BCUT2D eigenvalue weighted by molar-refractivity contribution is 0.0675. The molecule has 5 nitrogen and oxygen atoms in total. The zero-order valence-corrected chi connectivity index (χ0v) is 12.3. The van der Waals surface area contributed by atoms with E-state index in [1.54, 1.807) is 7.11 Å². The molecule has 1 aromatic carbocycles. The highest BCUT2D eigenvalue weighted by atomic mass is 35.5. The van der Waals surface area contributed by atoms with Crippen molar-refractivity contribution < 1.29 is 19.1 Å². The third-order valence-electron chi connectivity index (χ3n) is 2.99. The number of ether oxygens (including phenoxy) is 1. The Morgan fingerprint density at radius 2 is 2.10 bits per heavy atom. The van der Waals surface area contributed by atoms with Crippen molar-refractivity contribution in [2.24, 2.45) is 0 Å². The summed E-state index contributed by atoms with van der Waals surface area (Å²) in [6.07, 6.45) is 0. The summed E-state index contributed by atoms with van der Waals surface area (Å²) in [7, 11) is 1.57. The van der Waals surface area contributed by atoms with Gasteiger partial charge < -0.3 is 19.2 Å². The number of furan rings is 1. The topological polar surface area (TPSA) is 62.9 Å². The van der Waals surface area contributed by atoms with Crippen molar-refractivity contribution in [1.29, 1.82) is 0 Å². The fraction of sp³-hybridized carbons (Fsp3) is 0.267. The molecule has 0 bridgehead atoms. The minimum absolute atomic E-state index is 0.142. The number of benzene rings is 1. The lowest BCUT2D eigenvalue weighted by atomic mass is 10.2. The molecule has 6 heteroatoms. The van der Waals surface area contributed by atoms with Crippen LogP contribution in [0, 0.1) is 0 Å². The molecular weight excluding hydrogens is 294 g/mol. The quantitative estimate of drug-likeness (QED) is 0.891. The molecule has 0 fully saturated rings. The van der Waals surface area contributed by atoms with E-state index in [1.807, 2.05) is 24.3 Å². The second kappa shape index (κ2) is 7.15. The molecule has 0 atom stereocenters. The van der Waals surface area contributed by atoms with Crippen LogP contribution in [0.3, 0.4) is 0 Å². The second-order valence-electron chi connectivity index (χ2n) is 4.37. The molecule has 0 radical (unpaired) electrons. The summed E-state index contributed by atoms with van der Waals surface area (Å²) in [5.41, 5.74) is 0.847. The van der Waals surface area contributed by atoms with E-state index in [9.17, 15) is 4.79 Å². The van der Waals surface area contributed by atoms with Crippen LogP contribution in [-0.4, -0.2) is 36.2 Å². The van der Waals surface area contributed by atoms with Crippen molar-refractivity contribution in [2.45, 2.75) is 6.54 Å². The summed E-state index contributed by atoms with van der Waals surface area (Å²) in [5.74, 6) is 0.496. The van der Waals surface area contributed by atoms with E-state index in [0.29, 0.717) is 12.3 Å². The third-order valence-corrected chi connectivity index (χ3v) is 3.20. The second-order valence-corrected chi connectivity index (χ2v) is 4.74. The lowest BCUT2D eigenvalue weighted by Crippen LogP contribution is -2.33. The molecule has 2 rings (SSSR count). The highest BCUT2D eigenvalue weighted by molar-refractivity contribution is 6.29. The van der Waals surface area contributed by atoms with Gasteiger partial charge in [-0.3, -0.25) is 4.79 Å². The Morgan fingerprint density at radius 3 is 2.71 bits per heavy atom. The van der Waals surface area contributed by atoms with Crippen LogP contribution in [0.5, 0.6) is 5.75 Å². The standard InChI is InChI=1S/C15H16ClNO4/c1-20-12-5-3-2-4-11(12)10-17(8-9-18)15(19)13-6-7-14(16)21-13/h2-7,18H,8-10H2,1H3. The number of rotatable bonds is 6. The van der Waals surface area contributed by atoms with E-state index in [2.05, 4.69) is 0 Å². The number of halogens is 1. The Hall–Kier alpha value is -1.98. The molecular formula is C15H16ClNO4. The van der Waals surface area contributed by atoms with Crippen molar-refractivity contribution in [3.63, 3.8) is 0 Å². The van der Waals surface area contributed by atoms with Gasteiger partial charge in [-0.05, 0) is 29.8 Å². The first kappa shape index (κ1) is 15.4. The van der Waals surface area contributed by atoms with E-state index in [1.165, 1.54) is 17.0 Å². The Kier molecular flexibility index (Phi) is 5.25. The summed E-state index contributed by atoms with van der Waals surface area (Å²) in [6, 6.07) is 10.4. The van der Waals surface area contributed by atoms with E-state index in [-0.39, 0.29) is 30.0 Å². The van der Waals surface area contributed by atoms with Gasteiger partial charge in [-0.15, -0.1) is 0 Å². The van der Waals surface area contributed by atoms with Gasteiger partial charge in [-0.1, -0.05) is 18.2 Å². The third kappa shape index (κ3) is 3.77. The number of methoxy groups -OCH3 is 1. The normalized spacial score (nSPS) is 10.4. The number of carbonyl (C=O) groups excluding carboxylic acids is 1. The smallest absolute Gasteiger partial charge is 0.290 e. The van der Waals surface area contributed by atoms with Gasteiger partial charge in [0, 0.05) is 18.7 Å². The minimum Gasteiger partial charge on any atom is -0.496 e. The molecule has 112 valence electrons. The van der Waals surface area contributed by atoms with E-state index in [4.69, 9.17) is 25.9 Å². The summed E-state index contributed by atoms with van der Waals surface area (Å²) >= 11 is 5.69. The van der Waals surface area contributed by atoms with Gasteiger partial charge in [-0.2, -0.15) is 0 Å². The van der Waals surface area contributed by atoms with Crippen LogP contribution >= 0.6 is 11.6 Å². The van der Waals surface area contributed by atoms with E-state index < -0.39 is 0 Å². The molecule has 2 aromatic rings. The van der Waals surface area contributed by atoms with Gasteiger partial charge in [0.2, 0.25) is 0 Å². The molecule has 0 saturated carbocycles. The monoisotopic (exact) mass is 309 g/mol. The molecule has 0 aliphatic carbocycles. The first-order chi connectivity index (χ1) is 10.2. The average Bonchev–Trinajstić information content (AvgIpc) is 2.93. The number of aliphatic hydroxyl groups is 1.